The molecule has 0 bridgehead atoms. The lowest BCUT2D eigenvalue weighted by atomic mass is 10.1. The van der Waals surface area contributed by atoms with E-state index in [2.05, 4.69) is 0 Å². The van der Waals surface area contributed by atoms with Crippen molar-refractivity contribution in [3.63, 3.8) is 0 Å². The molecule has 0 aliphatic heterocycles. The molecule has 124 valence electrons. The average molecular weight is 330 g/mol. The normalized spacial score (nSPS) is 10.8. The summed E-state index contributed by atoms with van der Waals surface area (Å²) in [5.74, 6) is -0.626. The van der Waals surface area contributed by atoms with Crippen molar-refractivity contribution in [2.24, 2.45) is 0 Å². The van der Waals surface area contributed by atoms with Gasteiger partial charge in [0.1, 0.15) is 22.5 Å². The largest absolute Gasteiger partial charge is 0.508 e. The molecule has 0 spiro atoms. The first kappa shape index (κ1) is 15.5. The molecule has 1 aromatic heterocycles. The van der Waals surface area contributed by atoms with Crippen molar-refractivity contribution >= 4 is 11.0 Å². The Bertz CT molecular complexity index is 988. The van der Waals surface area contributed by atoms with Gasteiger partial charge in [-0.25, -0.2) is 0 Å². The third-order valence-electron chi connectivity index (χ3n) is 3.56. The molecular formula is C17H14O7. The highest BCUT2D eigenvalue weighted by atomic mass is 16.5. The Kier molecular flexibility index (Phi) is 3.69. The first-order valence-electron chi connectivity index (χ1n) is 6.90. The molecule has 7 heteroatoms. The average Bonchev–Trinajstić information content (AvgIpc) is 2.53. The van der Waals surface area contributed by atoms with Crippen LogP contribution in [0.3, 0.4) is 0 Å². The summed E-state index contributed by atoms with van der Waals surface area (Å²) in [7, 11) is 2.71. The molecular weight excluding hydrogens is 316 g/mol. The van der Waals surface area contributed by atoms with Crippen LogP contribution in [0.25, 0.3) is 22.3 Å². The maximum atomic E-state index is 12.6. The smallest absolute Gasteiger partial charge is 0.239 e. The van der Waals surface area contributed by atoms with Gasteiger partial charge >= 0.3 is 0 Å². The predicted octanol–water partition coefficient (Wildman–Crippen LogP) is 2.59. The maximum absolute atomic E-state index is 12.6. The van der Waals surface area contributed by atoms with E-state index in [1.54, 1.807) is 6.07 Å². The molecule has 3 rings (SSSR count). The van der Waals surface area contributed by atoms with Crippen LogP contribution in [0.4, 0.5) is 0 Å². The van der Waals surface area contributed by atoms with Crippen LogP contribution in [-0.4, -0.2) is 29.5 Å². The van der Waals surface area contributed by atoms with Gasteiger partial charge in [0.25, 0.3) is 0 Å². The summed E-state index contributed by atoms with van der Waals surface area (Å²) < 4.78 is 15.7. The molecule has 3 aromatic rings. The second-order valence-electron chi connectivity index (χ2n) is 5.02. The second kappa shape index (κ2) is 5.69. The lowest BCUT2D eigenvalue weighted by Crippen LogP contribution is -2.07. The van der Waals surface area contributed by atoms with E-state index in [1.165, 1.54) is 32.4 Å². The van der Waals surface area contributed by atoms with Crippen molar-refractivity contribution in [1.29, 1.82) is 0 Å². The van der Waals surface area contributed by atoms with E-state index >= 15 is 0 Å². The number of benzene rings is 2. The van der Waals surface area contributed by atoms with E-state index < -0.39 is 11.2 Å². The lowest BCUT2D eigenvalue weighted by Gasteiger charge is -2.11. The highest BCUT2D eigenvalue weighted by Crippen LogP contribution is 2.38. The van der Waals surface area contributed by atoms with Crippen LogP contribution in [0.15, 0.2) is 39.5 Å². The third kappa shape index (κ3) is 2.36. The number of rotatable bonds is 3. The molecule has 1 heterocycles. The van der Waals surface area contributed by atoms with Gasteiger partial charge in [-0.05, 0) is 18.2 Å². The van der Waals surface area contributed by atoms with Crippen LogP contribution in [0, 0.1) is 0 Å². The summed E-state index contributed by atoms with van der Waals surface area (Å²) >= 11 is 0. The topological polar surface area (TPSA) is 109 Å². The molecule has 3 N–H and O–H groups in total. The first-order valence-corrected chi connectivity index (χ1v) is 6.90. The van der Waals surface area contributed by atoms with Gasteiger partial charge in [0.2, 0.25) is 11.2 Å². The molecule has 0 saturated carbocycles. The number of phenolic OH excluding ortho intramolecular Hbond substituents is 3. The van der Waals surface area contributed by atoms with Crippen molar-refractivity contribution in [1.82, 2.24) is 0 Å². The Morgan fingerprint density at radius 3 is 2.33 bits per heavy atom. The van der Waals surface area contributed by atoms with Gasteiger partial charge < -0.3 is 29.2 Å². The Balaban J connectivity index is 2.36. The van der Waals surface area contributed by atoms with E-state index in [0.717, 1.165) is 6.07 Å². The van der Waals surface area contributed by atoms with E-state index in [4.69, 9.17) is 13.9 Å². The summed E-state index contributed by atoms with van der Waals surface area (Å²) in [6.07, 6.45) is 0. The van der Waals surface area contributed by atoms with Crippen molar-refractivity contribution < 1.29 is 29.2 Å². The van der Waals surface area contributed by atoms with E-state index in [0.29, 0.717) is 5.56 Å². The molecule has 0 amide bonds. The zero-order valence-corrected chi connectivity index (χ0v) is 12.9. The molecule has 0 saturated heterocycles. The van der Waals surface area contributed by atoms with E-state index in [9.17, 15) is 20.1 Å². The zero-order valence-electron chi connectivity index (χ0n) is 12.9. The number of hydrogen-bond donors (Lipinski definition) is 3. The number of aromatic hydroxyl groups is 3. The lowest BCUT2D eigenvalue weighted by molar-refractivity contribution is 0.373. The van der Waals surface area contributed by atoms with Crippen LogP contribution in [0.1, 0.15) is 0 Å². The van der Waals surface area contributed by atoms with Crippen molar-refractivity contribution in [3.8, 4) is 40.1 Å². The molecule has 0 radical (unpaired) electrons. The fraction of sp³-hybridized carbons (Fsp3) is 0.118. The second-order valence-corrected chi connectivity index (χ2v) is 5.02. The first-order chi connectivity index (χ1) is 11.5. The number of fused-ring (bicyclic) bond motifs is 1. The van der Waals surface area contributed by atoms with Gasteiger partial charge in [0.15, 0.2) is 17.3 Å². The molecule has 7 nitrogen and oxygen atoms in total. The summed E-state index contributed by atoms with van der Waals surface area (Å²) in [5.41, 5.74) is -0.239. The third-order valence-corrected chi connectivity index (χ3v) is 3.56. The van der Waals surface area contributed by atoms with E-state index in [-0.39, 0.29) is 39.7 Å². The molecule has 0 aliphatic carbocycles. The highest BCUT2D eigenvalue weighted by Gasteiger charge is 2.20. The number of hydrogen-bond acceptors (Lipinski definition) is 7. The van der Waals surface area contributed by atoms with Crippen molar-refractivity contribution in [3.05, 3.63) is 40.6 Å². The minimum absolute atomic E-state index is 0.0105. The SMILES string of the molecule is COc1ccc(-c2oc3cc(O)cc(O)c3c(=O)c2OC)cc1O. The summed E-state index contributed by atoms with van der Waals surface area (Å²) in [6, 6.07) is 6.69. The van der Waals surface area contributed by atoms with Gasteiger partial charge in [-0.2, -0.15) is 0 Å². The monoisotopic (exact) mass is 330 g/mol. The van der Waals surface area contributed by atoms with Gasteiger partial charge in [0, 0.05) is 17.7 Å². The molecule has 0 aliphatic rings. The highest BCUT2D eigenvalue weighted by molar-refractivity contribution is 5.88. The predicted molar refractivity (Wildman–Crippen MR) is 86.0 cm³/mol. The van der Waals surface area contributed by atoms with Gasteiger partial charge in [-0.15, -0.1) is 0 Å². The Morgan fingerprint density at radius 2 is 1.71 bits per heavy atom. The summed E-state index contributed by atoms with van der Waals surface area (Å²) in [4.78, 5) is 12.6. The fourth-order valence-corrected chi connectivity index (χ4v) is 2.47. The van der Waals surface area contributed by atoms with Gasteiger partial charge in [-0.1, -0.05) is 0 Å². The number of ether oxygens (including phenoxy) is 2. The number of methoxy groups -OCH3 is 2. The van der Waals surface area contributed by atoms with Crippen molar-refractivity contribution in [2.75, 3.05) is 14.2 Å². The Hall–Kier alpha value is -3.35. The van der Waals surface area contributed by atoms with E-state index in [1.807, 2.05) is 0 Å². The standard InChI is InChI=1S/C17H14O7/c1-22-12-4-3-8(5-10(12)19)16-17(23-2)15(21)14-11(20)6-9(18)7-13(14)24-16/h3-7,18-20H,1-2H3. The fourth-order valence-electron chi connectivity index (χ4n) is 2.47. The molecule has 0 unspecified atom stereocenters. The van der Waals surface area contributed by atoms with Crippen LogP contribution in [0.5, 0.6) is 28.7 Å². The van der Waals surface area contributed by atoms with Gasteiger partial charge in [-0.3, -0.25) is 4.79 Å². The van der Waals surface area contributed by atoms with Crippen LogP contribution < -0.4 is 14.9 Å². The quantitative estimate of drug-likeness (QED) is 0.677. The van der Waals surface area contributed by atoms with Gasteiger partial charge in [0.05, 0.1) is 14.2 Å². The minimum Gasteiger partial charge on any atom is -0.508 e. The molecule has 0 fully saturated rings. The molecule has 0 atom stereocenters. The molecule has 24 heavy (non-hydrogen) atoms. The zero-order chi connectivity index (χ0) is 17.4. The van der Waals surface area contributed by atoms with Crippen LogP contribution in [0.2, 0.25) is 0 Å². The van der Waals surface area contributed by atoms with Crippen LogP contribution >= 0.6 is 0 Å². The summed E-state index contributed by atoms with van der Waals surface area (Å²) in [6.45, 7) is 0. The van der Waals surface area contributed by atoms with Crippen molar-refractivity contribution in [2.45, 2.75) is 0 Å². The van der Waals surface area contributed by atoms with Crippen LogP contribution in [-0.2, 0) is 0 Å². The minimum atomic E-state index is -0.596. The summed E-state index contributed by atoms with van der Waals surface area (Å²) in [5, 5.41) is 29.3. The molecule has 2 aromatic carbocycles. The number of phenols is 3. The Morgan fingerprint density at radius 1 is 0.958 bits per heavy atom. The Labute approximate surface area is 135 Å². The maximum Gasteiger partial charge on any atom is 0.239 e.